The van der Waals surface area contributed by atoms with Crippen LogP contribution in [0.15, 0.2) is 30.3 Å². The van der Waals surface area contributed by atoms with Crippen molar-refractivity contribution in [1.82, 2.24) is 36.8 Å². The van der Waals surface area contributed by atoms with Gasteiger partial charge in [0.1, 0.15) is 36.3 Å². The third kappa shape index (κ3) is 16.1. The molecule has 22 nitrogen and oxygen atoms in total. The Balaban J connectivity index is 2.15. The maximum Gasteiger partial charge on any atom is 0.326 e. The van der Waals surface area contributed by atoms with Crippen LogP contribution in [0.2, 0.25) is 0 Å². The van der Waals surface area contributed by atoms with Crippen LogP contribution in [0, 0.1) is 5.92 Å². The molecule has 320 valence electrons. The number of carbonyl (C=O) groups is 10. The zero-order valence-corrected chi connectivity index (χ0v) is 32.4. The van der Waals surface area contributed by atoms with Crippen molar-refractivity contribution in [3.05, 3.63) is 35.9 Å². The van der Waals surface area contributed by atoms with Crippen molar-refractivity contribution in [3.63, 3.8) is 0 Å². The topological polar surface area (TPSA) is 359 Å². The number of nitrogens with two attached hydrogens (primary N) is 2. The minimum absolute atomic E-state index is 0.0376. The molecule has 0 radical (unpaired) electrons. The van der Waals surface area contributed by atoms with E-state index in [0.717, 1.165) is 4.90 Å². The first-order valence-electron chi connectivity index (χ1n) is 18.5. The maximum absolute atomic E-state index is 13.7. The minimum Gasteiger partial charge on any atom is -0.481 e. The van der Waals surface area contributed by atoms with E-state index in [1.807, 2.05) is 0 Å². The number of carboxylic acid groups (broad SMARTS) is 2. The smallest absolute Gasteiger partial charge is 0.326 e. The summed E-state index contributed by atoms with van der Waals surface area (Å²) in [6.07, 6.45) is -2.39. The van der Waals surface area contributed by atoms with Crippen LogP contribution < -0.4 is 43.4 Å². The van der Waals surface area contributed by atoms with E-state index in [2.05, 4.69) is 31.9 Å². The Morgan fingerprint density at radius 2 is 1.33 bits per heavy atom. The molecule has 8 amide bonds. The molecule has 1 fully saturated rings. The van der Waals surface area contributed by atoms with Crippen LogP contribution in [0.5, 0.6) is 0 Å². The number of primary amides is 1. The Labute approximate surface area is 333 Å². The predicted octanol–water partition coefficient (Wildman–Crippen LogP) is -4.42. The monoisotopic (exact) mass is 819 g/mol. The SMILES string of the molecule is CC(C)C[C@H](NC(=O)CNC(=O)CNC(=O)[C@H](CC(N)=O)NC(=O)[C@@H](N)[C@@H](C)O)C(=O)N[C@@H](Cc1ccccc1)C(=O)N[C@@H](CC(=O)O)C(=O)N1CCC[C@H]1C(=O)O. The normalized spacial score (nSPS) is 16.7. The lowest BCUT2D eigenvalue weighted by Crippen LogP contribution is -2.59. The number of aliphatic carboxylic acids is 2. The van der Waals surface area contributed by atoms with Crippen LogP contribution in [-0.2, 0) is 54.4 Å². The Morgan fingerprint density at radius 1 is 0.741 bits per heavy atom. The lowest BCUT2D eigenvalue weighted by Gasteiger charge is -2.29. The molecule has 1 aliphatic rings. The van der Waals surface area contributed by atoms with Gasteiger partial charge in [-0.1, -0.05) is 44.2 Å². The van der Waals surface area contributed by atoms with Gasteiger partial charge in [0.2, 0.25) is 47.3 Å². The molecule has 0 saturated carbocycles. The molecule has 7 atom stereocenters. The highest BCUT2D eigenvalue weighted by atomic mass is 16.4. The fraction of sp³-hybridized carbons (Fsp3) is 0.556. The van der Waals surface area contributed by atoms with Gasteiger partial charge in [-0.25, -0.2) is 4.79 Å². The van der Waals surface area contributed by atoms with E-state index >= 15 is 0 Å². The molecule has 0 bridgehead atoms. The highest BCUT2D eigenvalue weighted by molar-refractivity contribution is 5.98. The number of nitrogens with one attached hydrogen (secondary N) is 6. The highest BCUT2D eigenvalue weighted by Gasteiger charge is 2.39. The number of aliphatic hydroxyl groups is 1. The molecular weight excluding hydrogens is 766 g/mol. The van der Waals surface area contributed by atoms with Gasteiger partial charge in [-0.3, -0.25) is 43.2 Å². The largest absolute Gasteiger partial charge is 0.481 e. The first-order chi connectivity index (χ1) is 27.2. The van der Waals surface area contributed by atoms with E-state index in [9.17, 15) is 63.3 Å². The first kappa shape index (κ1) is 48.0. The van der Waals surface area contributed by atoms with Crippen molar-refractivity contribution < 1.29 is 63.3 Å². The lowest BCUT2D eigenvalue weighted by atomic mass is 10.0. The number of rotatable bonds is 23. The molecule has 0 unspecified atom stereocenters. The summed E-state index contributed by atoms with van der Waals surface area (Å²) < 4.78 is 0. The molecule has 1 aromatic rings. The number of aliphatic hydroxyl groups excluding tert-OH is 1. The van der Waals surface area contributed by atoms with Crippen LogP contribution >= 0.6 is 0 Å². The van der Waals surface area contributed by atoms with E-state index in [1.165, 1.54) is 6.92 Å². The molecule has 1 heterocycles. The number of likely N-dealkylation sites (tertiary alicyclic amines) is 1. The van der Waals surface area contributed by atoms with Crippen molar-refractivity contribution in [1.29, 1.82) is 0 Å². The molecule has 22 heteroatoms. The fourth-order valence-electron chi connectivity index (χ4n) is 5.84. The summed E-state index contributed by atoms with van der Waals surface area (Å²) >= 11 is 0. The molecule has 1 aromatic carbocycles. The highest BCUT2D eigenvalue weighted by Crippen LogP contribution is 2.19. The standard InChI is InChI=1S/C36H53N9O13/c1-18(2)12-21(41-28(49)17-39-27(48)16-40-31(52)23(14-26(37)47)43-34(55)30(38)19(3)46)32(53)42-22(13-20-8-5-4-6-9-20)33(54)44-24(15-29(50)51)35(56)45-11-7-10-25(45)36(57)58/h4-6,8-9,18-19,21-25,30,46H,7,10-17,38H2,1-3H3,(H2,37,47)(H,39,48)(H,40,52)(H,41,49)(H,42,53)(H,43,55)(H,44,54)(H,50,51)(H,57,58)/t19-,21+,22+,23+,24+,25+,30+/m1/s1. The summed E-state index contributed by atoms with van der Waals surface area (Å²) in [7, 11) is 0. The quantitative estimate of drug-likeness (QED) is 0.0497. The third-order valence-electron chi connectivity index (χ3n) is 8.82. The number of amides is 8. The second kappa shape index (κ2) is 23.2. The number of carbonyl (C=O) groups excluding carboxylic acids is 8. The van der Waals surface area contributed by atoms with Crippen LogP contribution in [0.1, 0.15) is 58.4 Å². The molecule has 1 aliphatic heterocycles. The summed E-state index contributed by atoms with van der Waals surface area (Å²) in [5.74, 6) is -10.3. The zero-order valence-electron chi connectivity index (χ0n) is 32.4. The Kier molecular flexibility index (Phi) is 19.2. The number of hydrogen-bond acceptors (Lipinski definition) is 12. The molecule has 0 aliphatic carbocycles. The molecule has 0 aromatic heterocycles. The van der Waals surface area contributed by atoms with Crippen LogP contribution in [0.4, 0.5) is 0 Å². The van der Waals surface area contributed by atoms with Crippen LogP contribution in [0.3, 0.4) is 0 Å². The van der Waals surface area contributed by atoms with Crippen molar-refractivity contribution in [3.8, 4) is 0 Å². The summed E-state index contributed by atoms with van der Waals surface area (Å²) in [6.45, 7) is 3.38. The first-order valence-corrected chi connectivity index (χ1v) is 18.5. The van der Waals surface area contributed by atoms with Crippen molar-refractivity contribution in [2.75, 3.05) is 19.6 Å². The maximum atomic E-state index is 13.7. The molecule has 58 heavy (non-hydrogen) atoms. The van der Waals surface area contributed by atoms with Crippen LogP contribution in [0.25, 0.3) is 0 Å². The summed E-state index contributed by atoms with van der Waals surface area (Å²) in [6, 6.07) is -0.118. The van der Waals surface area contributed by atoms with Crippen molar-refractivity contribution >= 4 is 59.2 Å². The average Bonchev–Trinajstić information content (AvgIpc) is 3.65. The van der Waals surface area contributed by atoms with E-state index in [0.29, 0.717) is 12.0 Å². The Bertz CT molecular complexity index is 1670. The Morgan fingerprint density at radius 3 is 1.90 bits per heavy atom. The average molecular weight is 820 g/mol. The van der Waals surface area contributed by atoms with Gasteiger partial charge in [-0.2, -0.15) is 0 Å². The van der Waals surface area contributed by atoms with Crippen LogP contribution in [-0.4, -0.2) is 141 Å². The van der Waals surface area contributed by atoms with Crippen molar-refractivity contribution in [2.24, 2.45) is 17.4 Å². The van der Waals surface area contributed by atoms with Gasteiger partial charge in [-0.15, -0.1) is 0 Å². The van der Waals surface area contributed by atoms with E-state index < -0.39 is 127 Å². The minimum atomic E-state index is -1.67. The zero-order chi connectivity index (χ0) is 43.7. The molecule has 2 rings (SSSR count). The van der Waals surface area contributed by atoms with Gasteiger partial charge < -0.3 is 63.6 Å². The molecule has 0 spiro atoms. The van der Waals surface area contributed by atoms with Gasteiger partial charge in [0.05, 0.1) is 32.0 Å². The summed E-state index contributed by atoms with van der Waals surface area (Å²) in [5, 5.41) is 42.6. The molecule has 13 N–H and O–H groups in total. The third-order valence-corrected chi connectivity index (χ3v) is 8.82. The van der Waals surface area contributed by atoms with Gasteiger partial charge in [0, 0.05) is 13.0 Å². The second-order valence-electron chi connectivity index (χ2n) is 14.2. The fourth-order valence-corrected chi connectivity index (χ4v) is 5.84. The Hall–Kier alpha value is -6.16. The number of hydrogen-bond donors (Lipinski definition) is 11. The number of benzene rings is 1. The predicted molar refractivity (Wildman–Crippen MR) is 201 cm³/mol. The van der Waals surface area contributed by atoms with Crippen molar-refractivity contribution in [2.45, 2.75) is 102 Å². The number of nitrogens with zero attached hydrogens (tertiary/aromatic N) is 1. The molecular formula is C36H53N9O13. The summed E-state index contributed by atoms with van der Waals surface area (Å²) in [4.78, 5) is 127. The van der Waals surface area contributed by atoms with Gasteiger partial charge in [0.25, 0.3) is 0 Å². The van der Waals surface area contributed by atoms with Gasteiger partial charge in [-0.05, 0) is 37.7 Å². The lowest BCUT2D eigenvalue weighted by molar-refractivity contribution is -0.150. The molecule has 1 saturated heterocycles. The van der Waals surface area contributed by atoms with E-state index in [1.54, 1.807) is 44.2 Å². The van der Waals surface area contributed by atoms with E-state index in [-0.39, 0.29) is 31.7 Å². The number of carboxylic acids is 2. The van der Waals surface area contributed by atoms with Gasteiger partial charge in [0.15, 0.2) is 0 Å². The second-order valence-corrected chi connectivity index (χ2v) is 14.2. The van der Waals surface area contributed by atoms with E-state index in [4.69, 9.17) is 11.5 Å². The summed E-state index contributed by atoms with van der Waals surface area (Å²) in [5.41, 5.74) is 11.3. The van der Waals surface area contributed by atoms with Gasteiger partial charge >= 0.3 is 11.9 Å².